The van der Waals surface area contributed by atoms with Crippen LogP contribution in [0.4, 0.5) is 0 Å². The van der Waals surface area contributed by atoms with Crippen molar-refractivity contribution in [1.29, 1.82) is 0 Å². The summed E-state index contributed by atoms with van der Waals surface area (Å²) < 4.78 is 27.4. The van der Waals surface area contributed by atoms with Gasteiger partial charge in [0.1, 0.15) is 0 Å². The Labute approximate surface area is 127 Å². The SMILES string of the molecule is CC(CN=C(N)N)NS(=O)(=O)c1cccc2c(=O)[nH]ccc12. The molecule has 0 amide bonds. The molecule has 1 aromatic heterocycles. The molecule has 1 atom stereocenters. The molecule has 0 saturated heterocycles. The highest BCUT2D eigenvalue weighted by Gasteiger charge is 2.20. The lowest BCUT2D eigenvalue weighted by atomic mass is 10.2. The molecule has 9 heteroatoms. The molecule has 0 bridgehead atoms. The van der Waals surface area contributed by atoms with Crippen molar-refractivity contribution in [3.8, 4) is 0 Å². The highest BCUT2D eigenvalue weighted by atomic mass is 32.2. The van der Waals surface area contributed by atoms with E-state index in [2.05, 4.69) is 14.7 Å². The van der Waals surface area contributed by atoms with Crippen molar-refractivity contribution in [2.45, 2.75) is 17.9 Å². The molecule has 1 aromatic carbocycles. The number of aromatic nitrogens is 1. The maximum Gasteiger partial charge on any atom is 0.255 e. The number of rotatable bonds is 5. The third-order valence-corrected chi connectivity index (χ3v) is 4.62. The molecule has 1 heterocycles. The molecule has 0 aliphatic heterocycles. The lowest BCUT2D eigenvalue weighted by Crippen LogP contribution is -2.36. The molecule has 1 unspecified atom stereocenters. The molecule has 0 radical (unpaired) electrons. The Morgan fingerprint density at radius 2 is 2.05 bits per heavy atom. The minimum Gasteiger partial charge on any atom is -0.370 e. The van der Waals surface area contributed by atoms with Crippen molar-refractivity contribution < 1.29 is 8.42 Å². The first-order valence-electron chi connectivity index (χ1n) is 6.49. The zero-order valence-electron chi connectivity index (χ0n) is 11.9. The predicted molar refractivity (Wildman–Crippen MR) is 85.0 cm³/mol. The summed E-state index contributed by atoms with van der Waals surface area (Å²) in [6, 6.07) is 5.58. The summed E-state index contributed by atoms with van der Waals surface area (Å²) in [5.41, 5.74) is 10.1. The van der Waals surface area contributed by atoms with Gasteiger partial charge in [-0.1, -0.05) is 6.07 Å². The fourth-order valence-corrected chi connectivity index (χ4v) is 3.49. The summed E-state index contributed by atoms with van der Waals surface area (Å²) in [4.78, 5) is 18.1. The largest absolute Gasteiger partial charge is 0.370 e. The van der Waals surface area contributed by atoms with E-state index in [9.17, 15) is 13.2 Å². The minimum atomic E-state index is -3.80. The van der Waals surface area contributed by atoms with Crippen LogP contribution in [-0.2, 0) is 10.0 Å². The second kappa shape index (κ2) is 6.16. The fourth-order valence-electron chi connectivity index (χ4n) is 2.03. The summed E-state index contributed by atoms with van der Waals surface area (Å²) in [5.74, 6) is -0.109. The van der Waals surface area contributed by atoms with E-state index in [0.717, 1.165) is 0 Å². The number of H-pyrrole nitrogens is 1. The van der Waals surface area contributed by atoms with E-state index in [1.165, 1.54) is 18.3 Å². The normalized spacial score (nSPS) is 13.0. The van der Waals surface area contributed by atoms with Crippen LogP contribution in [0.1, 0.15) is 6.92 Å². The smallest absolute Gasteiger partial charge is 0.255 e. The number of guanidine groups is 1. The lowest BCUT2D eigenvalue weighted by molar-refractivity contribution is 0.563. The van der Waals surface area contributed by atoms with E-state index in [1.807, 2.05) is 0 Å². The van der Waals surface area contributed by atoms with Crippen LogP contribution >= 0.6 is 0 Å². The van der Waals surface area contributed by atoms with Gasteiger partial charge in [0, 0.05) is 23.0 Å². The van der Waals surface area contributed by atoms with Gasteiger partial charge in [-0.3, -0.25) is 9.79 Å². The van der Waals surface area contributed by atoms with Gasteiger partial charge in [0.2, 0.25) is 10.0 Å². The average Bonchev–Trinajstić information content (AvgIpc) is 2.44. The molecular weight excluding hydrogens is 306 g/mol. The number of hydrogen-bond acceptors (Lipinski definition) is 4. The van der Waals surface area contributed by atoms with Crippen LogP contribution in [0.25, 0.3) is 10.8 Å². The first kappa shape index (κ1) is 16.0. The monoisotopic (exact) mass is 323 g/mol. The van der Waals surface area contributed by atoms with E-state index < -0.39 is 16.1 Å². The highest BCUT2D eigenvalue weighted by molar-refractivity contribution is 7.89. The third-order valence-electron chi connectivity index (χ3n) is 2.97. The molecule has 8 nitrogen and oxygen atoms in total. The molecular formula is C13H17N5O3S. The van der Waals surface area contributed by atoms with Crippen molar-refractivity contribution in [3.05, 3.63) is 40.8 Å². The van der Waals surface area contributed by atoms with Gasteiger partial charge < -0.3 is 16.5 Å². The van der Waals surface area contributed by atoms with Gasteiger partial charge in [0.05, 0.1) is 11.4 Å². The summed E-state index contributed by atoms with van der Waals surface area (Å²) >= 11 is 0. The zero-order chi connectivity index (χ0) is 16.3. The topological polar surface area (TPSA) is 143 Å². The van der Waals surface area contributed by atoms with E-state index in [4.69, 9.17) is 11.5 Å². The Kier molecular flexibility index (Phi) is 4.48. The summed E-state index contributed by atoms with van der Waals surface area (Å²) in [6.07, 6.45) is 1.41. The molecule has 0 spiro atoms. The van der Waals surface area contributed by atoms with Crippen molar-refractivity contribution in [3.63, 3.8) is 0 Å². The number of aliphatic imine (C=N–C) groups is 1. The van der Waals surface area contributed by atoms with Gasteiger partial charge in [0.25, 0.3) is 5.56 Å². The summed E-state index contributed by atoms with van der Waals surface area (Å²) in [5, 5.41) is 0.662. The number of nitrogens with one attached hydrogen (secondary N) is 2. The number of nitrogens with zero attached hydrogens (tertiary/aromatic N) is 1. The number of fused-ring (bicyclic) bond motifs is 1. The third kappa shape index (κ3) is 3.43. The Morgan fingerprint density at radius 3 is 2.73 bits per heavy atom. The fraction of sp³-hybridized carbons (Fsp3) is 0.231. The van der Waals surface area contributed by atoms with Crippen LogP contribution < -0.4 is 21.7 Å². The highest BCUT2D eigenvalue weighted by Crippen LogP contribution is 2.20. The van der Waals surface area contributed by atoms with E-state index in [0.29, 0.717) is 10.8 Å². The standard InChI is InChI=1S/C13H17N5O3S/c1-8(7-17-13(14)15)18-22(20,21)11-4-2-3-10-9(11)5-6-16-12(10)19/h2-6,8,18H,7H2,1H3,(H,16,19)(H4,14,15,17). The van der Waals surface area contributed by atoms with E-state index >= 15 is 0 Å². The number of hydrogen-bond donors (Lipinski definition) is 4. The number of sulfonamides is 1. The molecule has 0 saturated carbocycles. The zero-order valence-corrected chi connectivity index (χ0v) is 12.7. The number of pyridine rings is 1. The lowest BCUT2D eigenvalue weighted by Gasteiger charge is -2.13. The van der Waals surface area contributed by atoms with Crippen LogP contribution in [0, 0.1) is 0 Å². The van der Waals surface area contributed by atoms with Crippen molar-refractivity contribution >= 4 is 26.8 Å². The maximum atomic E-state index is 12.5. The molecule has 6 N–H and O–H groups in total. The van der Waals surface area contributed by atoms with Gasteiger partial charge in [-0.25, -0.2) is 13.1 Å². The molecule has 0 aliphatic rings. The van der Waals surface area contributed by atoms with Crippen molar-refractivity contribution in [2.75, 3.05) is 6.54 Å². The molecule has 2 aromatic rings. The van der Waals surface area contributed by atoms with Gasteiger partial charge in [-0.2, -0.15) is 0 Å². The van der Waals surface area contributed by atoms with Crippen LogP contribution in [0.5, 0.6) is 0 Å². The molecule has 22 heavy (non-hydrogen) atoms. The first-order chi connectivity index (χ1) is 10.3. The van der Waals surface area contributed by atoms with Gasteiger partial charge >= 0.3 is 0 Å². The Morgan fingerprint density at radius 1 is 1.32 bits per heavy atom. The maximum absolute atomic E-state index is 12.5. The average molecular weight is 323 g/mol. The van der Waals surface area contributed by atoms with E-state index in [-0.39, 0.29) is 23.0 Å². The van der Waals surface area contributed by atoms with Crippen LogP contribution in [-0.4, -0.2) is 31.9 Å². The van der Waals surface area contributed by atoms with Gasteiger partial charge in [-0.15, -0.1) is 0 Å². The Balaban J connectivity index is 2.40. The number of nitrogens with two attached hydrogens (primary N) is 2. The quantitative estimate of drug-likeness (QED) is 0.432. The summed E-state index contributed by atoms with van der Waals surface area (Å²) in [7, 11) is -3.80. The first-order valence-corrected chi connectivity index (χ1v) is 7.98. The number of benzene rings is 1. The van der Waals surface area contributed by atoms with Gasteiger partial charge in [0.15, 0.2) is 5.96 Å². The molecule has 2 rings (SSSR count). The predicted octanol–water partition coefficient (Wildman–Crippen LogP) is -0.532. The van der Waals surface area contributed by atoms with Crippen LogP contribution in [0.2, 0.25) is 0 Å². The van der Waals surface area contributed by atoms with E-state index in [1.54, 1.807) is 19.1 Å². The second-order valence-electron chi connectivity index (χ2n) is 4.81. The Hall–Kier alpha value is -2.39. The van der Waals surface area contributed by atoms with Crippen molar-refractivity contribution in [1.82, 2.24) is 9.71 Å². The molecule has 0 aliphatic carbocycles. The van der Waals surface area contributed by atoms with Gasteiger partial charge in [-0.05, 0) is 25.1 Å². The second-order valence-corrected chi connectivity index (χ2v) is 6.49. The molecule has 118 valence electrons. The summed E-state index contributed by atoms with van der Waals surface area (Å²) in [6.45, 7) is 1.76. The minimum absolute atomic E-state index is 0.0349. The molecule has 0 fully saturated rings. The van der Waals surface area contributed by atoms with Crippen molar-refractivity contribution in [2.24, 2.45) is 16.5 Å². The Bertz CT molecular complexity index is 869. The number of aromatic amines is 1. The van der Waals surface area contributed by atoms with Crippen LogP contribution in [0.15, 0.2) is 45.1 Å². The van der Waals surface area contributed by atoms with Crippen LogP contribution in [0.3, 0.4) is 0 Å².